The maximum Gasteiger partial charge on any atom is 0.192 e. The fourth-order valence-corrected chi connectivity index (χ4v) is 2.71. The number of rotatable bonds is 4. The van der Waals surface area contributed by atoms with Crippen LogP contribution in [0.15, 0.2) is 12.2 Å². The van der Waals surface area contributed by atoms with Gasteiger partial charge in [0.25, 0.3) is 0 Å². The Bertz CT molecular complexity index is 213. The minimum Gasteiger partial charge on any atom is -0.414 e. The van der Waals surface area contributed by atoms with Crippen LogP contribution in [0.25, 0.3) is 0 Å². The van der Waals surface area contributed by atoms with Gasteiger partial charge >= 0.3 is 0 Å². The summed E-state index contributed by atoms with van der Waals surface area (Å²) in [5.41, 5.74) is 0. The SMILES string of the molecule is C/C=C\C(C)C(C)O[Si](C)(C)C(C)(C)C. The van der Waals surface area contributed by atoms with Gasteiger partial charge in [0, 0.05) is 6.10 Å². The first-order chi connectivity index (χ1) is 6.62. The molecule has 2 heteroatoms. The van der Waals surface area contributed by atoms with Crippen LogP contribution in [0.3, 0.4) is 0 Å². The lowest BCUT2D eigenvalue weighted by Gasteiger charge is -2.39. The van der Waals surface area contributed by atoms with Gasteiger partial charge in [-0.1, -0.05) is 39.8 Å². The van der Waals surface area contributed by atoms with E-state index in [1.165, 1.54) is 0 Å². The molecule has 0 N–H and O–H groups in total. The van der Waals surface area contributed by atoms with Crippen molar-refractivity contribution in [3.8, 4) is 0 Å². The zero-order chi connectivity index (χ0) is 12.3. The first-order valence-electron chi connectivity index (χ1n) is 5.92. The number of hydrogen-bond donors (Lipinski definition) is 0. The Morgan fingerprint density at radius 1 is 1.13 bits per heavy atom. The summed E-state index contributed by atoms with van der Waals surface area (Å²) < 4.78 is 6.30. The van der Waals surface area contributed by atoms with Gasteiger partial charge in [0.2, 0.25) is 0 Å². The van der Waals surface area contributed by atoms with E-state index in [0.29, 0.717) is 17.1 Å². The van der Waals surface area contributed by atoms with Gasteiger partial charge in [-0.15, -0.1) is 0 Å². The summed E-state index contributed by atoms with van der Waals surface area (Å²) in [6, 6.07) is 0. The summed E-state index contributed by atoms with van der Waals surface area (Å²) in [5, 5.41) is 0.302. The zero-order valence-corrected chi connectivity index (χ0v) is 12.7. The van der Waals surface area contributed by atoms with E-state index in [4.69, 9.17) is 4.43 Å². The van der Waals surface area contributed by atoms with Crippen molar-refractivity contribution in [2.75, 3.05) is 0 Å². The van der Waals surface area contributed by atoms with Crippen LogP contribution >= 0.6 is 0 Å². The van der Waals surface area contributed by atoms with Gasteiger partial charge in [-0.2, -0.15) is 0 Å². The molecule has 0 radical (unpaired) electrons. The zero-order valence-electron chi connectivity index (χ0n) is 11.7. The van der Waals surface area contributed by atoms with Crippen molar-refractivity contribution in [3.63, 3.8) is 0 Å². The standard InChI is InChI=1S/C13H28OSi/c1-9-10-11(2)12(3)14-15(7,8)13(4,5)6/h9-12H,1-8H3/b10-9-. The predicted molar refractivity (Wildman–Crippen MR) is 71.7 cm³/mol. The van der Waals surface area contributed by atoms with Crippen molar-refractivity contribution < 1.29 is 4.43 Å². The Kier molecular flexibility index (Phi) is 5.28. The van der Waals surface area contributed by atoms with E-state index in [1.807, 2.05) is 0 Å². The van der Waals surface area contributed by atoms with E-state index >= 15 is 0 Å². The molecule has 0 spiro atoms. The summed E-state index contributed by atoms with van der Waals surface area (Å²) in [4.78, 5) is 0. The highest BCUT2D eigenvalue weighted by atomic mass is 28.4. The lowest BCUT2D eigenvalue weighted by atomic mass is 10.1. The van der Waals surface area contributed by atoms with Gasteiger partial charge < -0.3 is 4.43 Å². The van der Waals surface area contributed by atoms with Gasteiger partial charge in [-0.25, -0.2) is 0 Å². The molecule has 15 heavy (non-hydrogen) atoms. The molecule has 0 saturated heterocycles. The Balaban J connectivity index is 4.46. The van der Waals surface area contributed by atoms with E-state index in [2.05, 4.69) is 66.8 Å². The molecule has 2 atom stereocenters. The molecular formula is C13H28OSi. The quantitative estimate of drug-likeness (QED) is 0.504. The van der Waals surface area contributed by atoms with Crippen LogP contribution in [0.4, 0.5) is 0 Å². The number of hydrogen-bond acceptors (Lipinski definition) is 1. The third kappa shape index (κ3) is 4.52. The van der Waals surface area contributed by atoms with Gasteiger partial charge in [0.15, 0.2) is 8.32 Å². The summed E-state index contributed by atoms with van der Waals surface area (Å²) in [6.07, 6.45) is 4.65. The second-order valence-corrected chi connectivity index (χ2v) is 10.7. The van der Waals surface area contributed by atoms with Gasteiger partial charge in [0.1, 0.15) is 0 Å². The van der Waals surface area contributed by atoms with Gasteiger partial charge in [0.05, 0.1) is 0 Å². The van der Waals surface area contributed by atoms with Crippen LogP contribution in [-0.4, -0.2) is 14.4 Å². The summed E-state index contributed by atoms with van der Waals surface area (Å²) in [5.74, 6) is 0.504. The van der Waals surface area contributed by atoms with Crippen LogP contribution in [-0.2, 0) is 4.43 Å². The normalized spacial score (nSPS) is 18.1. The fourth-order valence-electron chi connectivity index (χ4n) is 1.21. The molecule has 1 nitrogen and oxygen atoms in total. The van der Waals surface area contributed by atoms with Crippen molar-refractivity contribution in [3.05, 3.63) is 12.2 Å². The van der Waals surface area contributed by atoms with Crippen molar-refractivity contribution >= 4 is 8.32 Å². The van der Waals surface area contributed by atoms with Crippen LogP contribution in [0.5, 0.6) is 0 Å². The minimum absolute atomic E-state index is 0.302. The smallest absolute Gasteiger partial charge is 0.192 e. The predicted octanol–water partition coefficient (Wildman–Crippen LogP) is 4.61. The highest BCUT2D eigenvalue weighted by Crippen LogP contribution is 2.38. The minimum atomic E-state index is -1.59. The summed E-state index contributed by atoms with van der Waals surface area (Å²) in [7, 11) is -1.59. The van der Waals surface area contributed by atoms with Crippen LogP contribution in [0.2, 0.25) is 18.1 Å². The van der Waals surface area contributed by atoms with E-state index in [-0.39, 0.29) is 0 Å². The largest absolute Gasteiger partial charge is 0.414 e. The van der Waals surface area contributed by atoms with Crippen LogP contribution in [0.1, 0.15) is 41.5 Å². The molecule has 0 heterocycles. The molecule has 0 aliphatic carbocycles. The van der Waals surface area contributed by atoms with Crippen LogP contribution < -0.4 is 0 Å². The second kappa shape index (κ2) is 5.31. The molecule has 90 valence electrons. The first-order valence-corrected chi connectivity index (χ1v) is 8.83. The summed E-state index contributed by atoms with van der Waals surface area (Å²) >= 11 is 0. The second-order valence-electron chi connectivity index (χ2n) is 5.97. The summed E-state index contributed by atoms with van der Waals surface area (Å²) in [6.45, 7) is 17.9. The van der Waals surface area contributed by atoms with E-state index in [0.717, 1.165) is 0 Å². The van der Waals surface area contributed by atoms with Crippen molar-refractivity contribution in [1.82, 2.24) is 0 Å². The fraction of sp³-hybridized carbons (Fsp3) is 0.846. The van der Waals surface area contributed by atoms with E-state index < -0.39 is 8.32 Å². The molecule has 0 fully saturated rings. The van der Waals surface area contributed by atoms with Gasteiger partial charge in [-0.05, 0) is 37.9 Å². The highest BCUT2D eigenvalue weighted by Gasteiger charge is 2.38. The lowest BCUT2D eigenvalue weighted by molar-refractivity contribution is 0.164. The molecule has 0 saturated carbocycles. The Hall–Kier alpha value is -0.0831. The molecule has 0 rings (SSSR count). The molecule has 0 aliphatic rings. The molecule has 0 aliphatic heterocycles. The van der Waals surface area contributed by atoms with Crippen molar-refractivity contribution in [2.45, 2.75) is 65.8 Å². The Labute approximate surface area is 97.0 Å². The van der Waals surface area contributed by atoms with Gasteiger partial charge in [-0.3, -0.25) is 0 Å². The van der Waals surface area contributed by atoms with E-state index in [9.17, 15) is 0 Å². The molecule has 2 unspecified atom stereocenters. The Morgan fingerprint density at radius 3 is 1.93 bits per heavy atom. The third-order valence-corrected chi connectivity index (χ3v) is 8.10. The maximum atomic E-state index is 6.30. The third-order valence-electron chi connectivity index (χ3n) is 3.52. The molecule has 0 aromatic carbocycles. The molecule has 0 aromatic rings. The van der Waals surface area contributed by atoms with Crippen molar-refractivity contribution in [1.29, 1.82) is 0 Å². The lowest BCUT2D eigenvalue weighted by Crippen LogP contribution is -2.44. The van der Waals surface area contributed by atoms with Crippen molar-refractivity contribution in [2.24, 2.45) is 5.92 Å². The molecular weight excluding hydrogens is 200 g/mol. The Morgan fingerprint density at radius 2 is 1.60 bits per heavy atom. The average Bonchev–Trinajstić information content (AvgIpc) is 2.01. The number of allylic oxidation sites excluding steroid dienone is 1. The average molecular weight is 228 g/mol. The molecule has 0 aromatic heterocycles. The van der Waals surface area contributed by atoms with E-state index in [1.54, 1.807) is 0 Å². The monoisotopic (exact) mass is 228 g/mol. The highest BCUT2D eigenvalue weighted by molar-refractivity contribution is 6.74. The maximum absolute atomic E-state index is 6.30. The molecule has 0 amide bonds. The van der Waals surface area contributed by atoms with Crippen LogP contribution in [0, 0.1) is 5.92 Å². The molecule has 0 bridgehead atoms. The topological polar surface area (TPSA) is 9.23 Å². The first kappa shape index (κ1) is 14.9.